The Labute approximate surface area is 89.2 Å². The SMILES string of the molecule is CC(C)C1CO[Si](C)(C)OC1C(C)C. The normalized spacial score (nSPS) is 32.6. The van der Waals surface area contributed by atoms with Crippen LogP contribution >= 0.6 is 0 Å². The predicted octanol–water partition coefficient (Wildman–Crippen LogP) is 3.03. The van der Waals surface area contributed by atoms with E-state index in [0.29, 0.717) is 23.9 Å². The number of hydrogen-bond donors (Lipinski definition) is 0. The topological polar surface area (TPSA) is 18.5 Å². The lowest BCUT2D eigenvalue weighted by Gasteiger charge is -2.43. The number of hydrogen-bond acceptors (Lipinski definition) is 2. The molecule has 0 N–H and O–H groups in total. The lowest BCUT2D eigenvalue weighted by Crippen LogP contribution is -2.52. The molecular formula is C11H24O2Si. The molecule has 0 radical (unpaired) electrons. The molecule has 1 rings (SSSR count). The highest BCUT2D eigenvalue weighted by atomic mass is 28.4. The van der Waals surface area contributed by atoms with Crippen LogP contribution in [0.5, 0.6) is 0 Å². The average Bonchev–Trinajstić information content (AvgIpc) is 2.01. The maximum atomic E-state index is 6.13. The molecule has 0 aromatic rings. The molecule has 3 heteroatoms. The fourth-order valence-corrected chi connectivity index (χ4v) is 3.81. The Morgan fingerprint density at radius 1 is 1.07 bits per heavy atom. The van der Waals surface area contributed by atoms with Gasteiger partial charge in [-0.05, 0) is 24.9 Å². The lowest BCUT2D eigenvalue weighted by molar-refractivity contribution is -0.0404. The van der Waals surface area contributed by atoms with E-state index in [-0.39, 0.29) is 0 Å². The van der Waals surface area contributed by atoms with Gasteiger partial charge in [0.15, 0.2) is 0 Å². The molecule has 0 saturated carbocycles. The molecular weight excluding hydrogens is 192 g/mol. The summed E-state index contributed by atoms with van der Waals surface area (Å²) in [6, 6.07) is 0. The van der Waals surface area contributed by atoms with Gasteiger partial charge in [-0.3, -0.25) is 0 Å². The maximum Gasteiger partial charge on any atom is 0.331 e. The van der Waals surface area contributed by atoms with Crippen molar-refractivity contribution in [2.75, 3.05) is 6.61 Å². The van der Waals surface area contributed by atoms with Crippen LogP contribution in [0.3, 0.4) is 0 Å². The van der Waals surface area contributed by atoms with Gasteiger partial charge in [-0.1, -0.05) is 27.7 Å². The highest BCUT2D eigenvalue weighted by Gasteiger charge is 2.41. The van der Waals surface area contributed by atoms with E-state index in [1.54, 1.807) is 0 Å². The van der Waals surface area contributed by atoms with E-state index >= 15 is 0 Å². The van der Waals surface area contributed by atoms with Crippen molar-refractivity contribution in [3.63, 3.8) is 0 Å². The van der Waals surface area contributed by atoms with Crippen LogP contribution < -0.4 is 0 Å². The molecule has 0 aromatic heterocycles. The molecule has 0 aromatic carbocycles. The van der Waals surface area contributed by atoms with E-state index in [0.717, 1.165) is 6.61 Å². The first-order valence-electron chi connectivity index (χ1n) is 5.65. The molecule has 0 amide bonds. The molecule has 0 aliphatic carbocycles. The Balaban J connectivity index is 2.71. The van der Waals surface area contributed by atoms with Crippen LogP contribution in [0.2, 0.25) is 13.1 Å². The minimum absolute atomic E-state index is 0.394. The lowest BCUT2D eigenvalue weighted by atomic mass is 9.85. The van der Waals surface area contributed by atoms with Gasteiger partial charge < -0.3 is 8.85 Å². The summed E-state index contributed by atoms with van der Waals surface area (Å²) in [5, 5.41) is 0. The summed E-state index contributed by atoms with van der Waals surface area (Å²) in [6.45, 7) is 14.2. The summed E-state index contributed by atoms with van der Waals surface area (Å²) >= 11 is 0. The minimum Gasteiger partial charge on any atom is -0.394 e. The van der Waals surface area contributed by atoms with Gasteiger partial charge in [-0.2, -0.15) is 0 Å². The molecule has 1 aliphatic rings. The first-order valence-corrected chi connectivity index (χ1v) is 8.47. The Hall–Kier alpha value is 0.137. The quantitative estimate of drug-likeness (QED) is 0.661. The molecule has 2 unspecified atom stereocenters. The van der Waals surface area contributed by atoms with E-state index in [1.807, 2.05) is 0 Å². The van der Waals surface area contributed by atoms with Crippen LogP contribution in [-0.2, 0) is 8.85 Å². The van der Waals surface area contributed by atoms with Gasteiger partial charge in [0.25, 0.3) is 0 Å². The van der Waals surface area contributed by atoms with Gasteiger partial charge in [-0.25, -0.2) is 0 Å². The summed E-state index contributed by atoms with van der Waals surface area (Å²) in [6.07, 6.45) is 0.394. The highest BCUT2D eigenvalue weighted by Crippen LogP contribution is 2.32. The smallest absolute Gasteiger partial charge is 0.331 e. The van der Waals surface area contributed by atoms with Crippen LogP contribution in [0.15, 0.2) is 0 Å². The van der Waals surface area contributed by atoms with Gasteiger partial charge >= 0.3 is 8.56 Å². The fourth-order valence-electron chi connectivity index (χ4n) is 2.04. The van der Waals surface area contributed by atoms with Crippen molar-refractivity contribution >= 4 is 8.56 Å². The van der Waals surface area contributed by atoms with E-state index in [4.69, 9.17) is 8.85 Å². The van der Waals surface area contributed by atoms with Crippen LogP contribution in [-0.4, -0.2) is 21.3 Å². The second-order valence-electron chi connectivity index (χ2n) is 5.45. The molecule has 14 heavy (non-hydrogen) atoms. The van der Waals surface area contributed by atoms with Crippen molar-refractivity contribution in [1.29, 1.82) is 0 Å². The molecule has 1 aliphatic heterocycles. The predicted molar refractivity (Wildman–Crippen MR) is 61.5 cm³/mol. The fraction of sp³-hybridized carbons (Fsp3) is 1.00. The third-order valence-electron chi connectivity index (χ3n) is 2.98. The Morgan fingerprint density at radius 2 is 1.64 bits per heavy atom. The molecule has 2 nitrogen and oxygen atoms in total. The van der Waals surface area contributed by atoms with Gasteiger partial charge in [0, 0.05) is 12.5 Å². The monoisotopic (exact) mass is 216 g/mol. The first kappa shape index (κ1) is 12.2. The van der Waals surface area contributed by atoms with E-state index in [1.165, 1.54) is 0 Å². The summed E-state index contributed by atoms with van der Waals surface area (Å²) < 4.78 is 12.0. The summed E-state index contributed by atoms with van der Waals surface area (Å²) in [5.74, 6) is 1.81. The second-order valence-corrected chi connectivity index (χ2v) is 8.77. The third kappa shape index (κ3) is 2.81. The van der Waals surface area contributed by atoms with Crippen molar-refractivity contribution in [3.8, 4) is 0 Å². The first-order chi connectivity index (χ1) is 6.33. The standard InChI is InChI=1S/C11H24O2Si/c1-8(2)10-7-12-14(5,6)13-11(10)9(3)4/h8-11H,7H2,1-6H3. The van der Waals surface area contributed by atoms with Crippen molar-refractivity contribution in [1.82, 2.24) is 0 Å². The zero-order chi connectivity index (χ0) is 10.9. The third-order valence-corrected chi connectivity index (χ3v) is 4.68. The van der Waals surface area contributed by atoms with E-state index in [2.05, 4.69) is 40.8 Å². The average molecular weight is 216 g/mol. The van der Waals surface area contributed by atoms with Crippen molar-refractivity contribution in [3.05, 3.63) is 0 Å². The Kier molecular flexibility index (Phi) is 3.78. The van der Waals surface area contributed by atoms with Crippen LogP contribution in [0.4, 0.5) is 0 Å². The van der Waals surface area contributed by atoms with Gasteiger partial charge in [-0.15, -0.1) is 0 Å². The molecule has 2 atom stereocenters. The van der Waals surface area contributed by atoms with Crippen molar-refractivity contribution in [2.24, 2.45) is 17.8 Å². The van der Waals surface area contributed by atoms with Gasteiger partial charge in [0.2, 0.25) is 0 Å². The zero-order valence-corrected chi connectivity index (χ0v) is 11.3. The zero-order valence-electron chi connectivity index (χ0n) is 10.3. The summed E-state index contributed by atoms with van der Waals surface area (Å²) in [5.41, 5.74) is 0. The molecule has 0 spiro atoms. The summed E-state index contributed by atoms with van der Waals surface area (Å²) in [4.78, 5) is 0. The molecule has 84 valence electrons. The van der Waals surface area contributed by atoms with Crippen LogP contribution in [0.1, 0.15) is 27.7 Å². The summed E-state index contributed by atoms with van der Waals surface area (Å²) in [7, 11) is -1.80. The maximum absolute atomic E-state index is 6.13. The Bertz CT molecular complexity index is 190. The largest absolute Gasteiger partial charge is 0.394 e. The van der Waals surface area contributed by atoms with Gasteiger partial charge in [0.1, 0.15) is 0 Å². The molecule has 0 bridgehead atoms. The minimum atomic E-state index is -1.80. The van der Waals surface area contributed by atoms with Crippen molar-refractivity contribution < 1.29 is 8.85 Å². The van der Waals surface area contributed by atoms with Gasteiger partial charge in [0.05, 0.1) is 6.10 Å². The molecule has 1 fully saturated rings. The Morgan fingerprint density at radius 3 is 2.07 bits per heavy atom. The molecule has 1 saturated heterocycles. The van der Waals surface area contributed by atoms with Crippen LogP contribution in [0, 0.1) is 17.8 Å². The van der Waals surface area contributed by atoms with E-state index in [9.17, 15) is 0 Å². The van der Waals surface area contributed by atoms with Crippen molar-refractivity contribution in [2.45, 2.75) is 46.9 Å². The highest BCUT2D eigenvalue weighted by molar-refractivity contribution is 6.64. The number of rotatable bonds is 2. The van der Waals surface area contributed by atoms with Crippen LogP contribution in [0.25, 0.3) is 0 Å². The second kappa shape index (κ2) is 4.33. The van der Waals surface area contributed by atoms with E-state index < -0.39 is 8.56 Å². The molecule has 1 heterocycles.